The Morgan fingerprint density at radius 2 is 1.89 bits per heavy atom. The zero-order valence-electron chi connectivity index (χ0n) is 15.6. The Balaban J connectivity index is 1.56. The van der Waals surface area contributed by atoms with Crippen molar-refractivity contribution in [2.75, 3.05) is 44.7 Å². The molecular formula is C20H21BrN4O2S. The number of carbonyl (C=O) groups is 2. The molecule has 2 amide bonds. The molecule has 0 spiro atoms. The first-order valence-electron chi connectivity index (χ1n) is 9.01. The van der Waals surface area contributed by atoms with E-state index in [4.69, 9.17) is 5.26 Å². The van der Waals surface area contributed by atoms with Gasteiger partial charge in [0.25, 0.3) is 5.91 Å². The number of rotatable bonds is 4. The van der Waals surface area contributed by atoms with Gasteiger partial charge in [0.1, 0.15) is 0 Å². The lowest BCUT2D eigenvalue weighted by Gasteiger charge is -2.25. The van der Waals surface area contributed by atoms with Crippen LogP contribution in [0.4, 0.5) is 5.69 Å². The average Bonchev–Trinajstić information content (AvgIpc) is 2.99. The van der Waals surface area contributed by atoms with Crippen molar-refractivity contribution in [3.8, 4) is 6.07 Å². The fourth-order valence-corrected chi connectivity index (χ4v) is 4.54. The van der Waals surface area contributed by atoms with Crippen molar-refractivity contribution in [1.82, 2.24) is 9.80 Å². The Labute approximate surface area is 177 Å². The maximum Gasteiger partial charge on any atom is 0.264 e. The molecule has 0 bridgehead atoms. The molecule has 1 aliphatic rings. The van der Waals surface area contributed by atoms with Crippen LogP contribution in [-0.4, -0.2) is 61.4 Å². The Hall–Kier alpha value is -2.37. The van der Waals surface area contributed by atoms with Crippen LogP contribution in [0.1, 0.15) is 21.7 Å². The van der Waals surface area contributed by atoms with E-state index in [0.717, 1.165) is 29.0 Å². The molecule has 3 rings (SSSR count). The van der Waals surface area contributed by atoms with Crippen molar-refractivity contribution in [2.45, 2.75) is 6.42 Å². The third-order valence-corrected chi connectivity index (χ3v) is 6.32. The molecule has 1 aromatic carbocycles. The number of anilines is 1. The first-order chi connectivity index (χ1) is 13.5. The lowest BCUT2D eigenvalue weighted by atomic mass is 10.2. The summed E-state index contributed by atoms with van der Waals surface area (Å²) >= 11 is 4.72. The van der Waals surface area contributed by atoms with Gasteiger partial charge in [0.05, 0.1) is 26.8 Å². The number of halogens is 1. The van der Waals surface area contributed by atoms with E-state index >= 15 is 0 Å². The van der Waals surface area contributed by atoms with Gasteiger partial charge >= 0.3 is 0 Å². The molecular weight excluding hydrogens is 440 g/mol. The molecule has 0 aliphatic carbocycles. The standard InChI is InChI=1S/C20H21BrN4O2S/c1-23(20(27)17-7-8-18(21)28-17)14-19(26)25-10-2-9-24(11-12-25)16-5-3-15(13-22)4-6-16/h3-8H,2,9-12,14H2,1H3. The Bertz CT molecular complexity index is 890. The summed E-state index contributed by atoms with van der Waals surface area (Å²) in [6.07, 6.45) is 0.862. The van der Waals surface area contributed by atoms with Crippen LogP contribution in [0.15, 0.2) is 40.2 Å². The fourth-order valence-electron chi connectivity index (χ4n) is 3.16. The normalized spacial score (nSPS) is 14.3. The second-order valence-electron chi connectivity index (χ2n) is 6.65. The van der Waals surface area contributed by atoms with Crippen molar-refractivity contribution in [2.24, 2.45) is 0 Å². The van der Waals surface area contributed by atoms with Gasteiger partial charge in [-0.2, -0.15) is 5.26 Å². The minimum Gasteiger partial charge on any atom is -0.370 e. The fraction of sp³-hybridized carbons (Fsp3) is 0.350. The summed E-state index contributed by atoms with van der Waals surface area (Å²) < 4.78 is 0.894. The van der Waals surface area contributed by atoms with Crippen molar-refractivity contribution >= 4 is 44.8 Å². The monoisotopic (exact) mass is 460 g/mol. The topological polar surface area (TPSA) is 67.7 Å². The summed E-state index contributed by atoms with van der Waals surface area (Å²) in [4.78, 5) is 31.3. The van der Waals surface area contributed by atoms with E-state index < -0.39 is 0 Å². The maximum absolute atomic E-state index is 12.7. The largest absolute Gasteiger partial charge is 0.370 e. The number of benzene rings is 1. The number of amides is 2. The molecule has 0 atom stereocenters. The van der Waals surface area contributed by atoms with Gasteiger partial charge in [-0.1, -0.05) is 0 Å². The number of likely N-dealkylation sites (N-methyl/N-ethyl adjacent to an activating group) is 1. The highest BCUT2D eigenvalue weighted by atomic mass is 79.9. The molecule has 1 aliphatic heterocycles. The number of hydrogen-bond donors (Lipinski definition) is 0. The average molecular weight is 461 g/mol. The van der Waals surface area contributed by atoms with E-state index in [2.05, 4.69) is 26.9 Å². The van der Waals surface area contributed by atoms with Crippen LogP contribution in [0.5, 0.6) is 0 Å². The van der Waals surface area contributed by atoms with Crippen LogP contribution >= 0.6 is 27.3 Å². The second-order valence-corrected chi connectivity index (χ2v) is 9.11. The molecule has 2 heterocycles. The van der Waals surface area contributed by atoms with E-state index in [9.17, 15) is 9.59 Å². The lowest BCUT2D eigenvalue weighted by Crippen LogP contribution is -2.42. The number of nitrogens with zero attached hydrogens (tertiary/aromatic N) is 4. The number of thiophene rings is 1. The maximum atomic E-state index is 12.7. The van der Waals surface area contributed by atoms with Gasteiger partial charge in [-0.3, -0.25) is 9.59 Å². The first kappa shape index (κ1) is 20.4. The molecule has 0 radical (unpaired) electrons. The SMILES string of the molecule is CN(CC(=O)N1CCCN(c2ccc(C#N)cc2)CC1)C(=O)c1ccc(Br)s1. The van der Waals surface area contributed by atoms with E-state index in [-0.39, 0.29) is 18.4 Å². The van der Waals surface area contributed by atoms with E-state index in [1.54, 1.807) is 13.1 Å². The van der Waals surface area contributed by atoms with Crippen LogP contribution < -0.4 is 4.90 Å². The molecule has 28 heavy (non-hydrogen) atoms. The van der Waals surface area contributed by atoms with Crippen LogP contribution in [0.3, 0.4) is 0 Å². The zero-order valence-corrected chi connectivity index (χ0v) is 18.0. The van der Waals surface area contributed by atoms with Crippen LogP contribution in [-0.2, 0) is 4.79 Å². The number of hydrogen-bond acceptors (Lipinski definition) is 5. The minimum absolute atomic E-state index is 0.0341. The molecule has 1 saturated heterocycles. The minimum atomic E-state index is -0.141. The van der Waals surface area contributed by atoms with Crippen LogP contribution in [0.2, 0.25) is 0 Å². The summed E-state index contributed by atoms with van der Waals surface area (Å²) in [5, 5.41) is 8.93. The van der Waals surface area contributed by atoms with Gasteiger partial charge in [0.15, 0.2) is 0 Å². The van der Waals surface area contributed by atoms with Crippen molar-refractivity contribution in [1.29, 1.82) is 5.26 Å². The highest BCUT2D eigenvalue weighted by Gasteiger charge is 2.23. The molecule has 146 valence electrons. The van der Waals surface area contributed by atoms with Crippen LogP contribution in [0.25, 0.3) is 0 Å². The second kappa shape index (κ2) is 9.22. The van der Waals surface area contributed by atoms with Crippen molar-refractivity contribution in [3.63, 3.8) is 0 Å². The molecule has 0 unspecified atom stereocenters. The van der Waals surface area contributed by atoms with Gasteiger partial charge in [0, 0.05) is 38.9 Å². The third-order valence-electron chi connectivity index (χ3n) is 4.71. The molecule has 0 N–H and O–H groups in total. The van der Waals surface area contributed by atoms with Crippen molar-refractivity contribution < 1.29 is 9.59 Å². The van der Waals surface area contributed by atoms with E-state index in [0.29, 0.717) is 23.5 Å². The summed E-state index contributed by atoms with van der Waals surface area (Å²) in [5.74, 6) is -0.175. The van der Waals surface area contributed by atoms with Crippen molar-refractivity contribution in [3.05, 3.63) is 50.6 Å². The molecule has 1 aromatic heterocycles. The molecule has 6 nitrogen and oxygen atoms in total. The smallest absolute Gasteiger partial charge is 0.264 e. The summed E-state index contributed by atoms with van der Waals surface area (Å²) in [6, 6.07) is 13.2. The Morgan fingerprint density at radius 1 is 1.14 bits per heavy atom. The summed E-state index contributed by atoms with van der Waals surface area (Å²) in [6.45, 7) is 2.95. The summed E-state index contributed by atoms with van der Waals surface area (Å²) in [7, 11) is 1.66. The molecule has 1 fully saturated rings. The predicted octanol–water partition coefficient (Wildman–Crippen LogP) is 3.19. The molecule has 8 heteroatoms. The Kier molecular flexibility index (Phi) is 6.70. The quantitative estimate of drug-likeness (QED) is 0.702. The number of carbonyl (C=O) groups excluding carboxylic acids is 2. The predicted molar refractivity (Wildman–Crippen MR) is 114 cm³/mol. The first-order valence-corrected chi connectivity index (χ1v) is 10.6. The van der Waals surface area contributed by atoms with E-state index in [1.165, 1.54) is 16.2 Å². The third kappa shape index (κ3) is 4.91. The van der Waals surface area contributed by atoms with Crippen LogP contribution in [0, 0.1) is 11.3 Å². The van der Waals surface area contributed by atoms with Gasteiger partial charge < -0.3 is 14.7 Å². The Morgan fingerprint density at radius 3 is 2.54 bits per heavy atom. The van der Waals surface area contributed by atoms with Gasteiger partial charge in [-0.15, -0.1) is 11.3 Å². The lowest BCUT2D eigenvalue weighted by molar-refractivity contribution is -0.131. The molecule has 2 aromatic rings. The summed E-state index contributed by atoms with van der Waals surface area (Å²) in [5.41, 5.74) is 1.70. The highest BCUT2D eigenvalue weighted by molar-refractivity contribution is 9.11. The number of nitriles is 1. The van der Waals surface area contributed by atoms with Gasteiger partial charge in [0.2, 0.25) is 5.91 Å². The van der Waals surface area contributed by atoms with E-state index in [1.807, 2.05) is 35.2 Å². The van der Waals surface area contributed by atoms with Gasteiger partial charge in [-0.05, 0) is 58.7 Å². The van der Waals surface area contributed by atoms with Gasteiger partial charge in [-0.25, -0.2) is 0 Å². The highest BCUT2D eigenvalue weighted by Crippen LogP contribution is 2.23. The zero-order chi connectivity index (χ0) is 20.1. The molecule has 0 saturated carbocycles.